The van der Waals surface area contributed by atoms with Gasteiger partial charge in [0.05, 0.1) is 0 Å². The van der Waals surface area contributed by atoms with E-state index in [1.165, 1.54) is 0 Å². The fraction of sp³-hybridized carbons (Fsp3) is 0.235. The van der Waals surface area contributed by atoms with Crippen molar-refractivity contribution in [3.8, 4) is 5.75 Å². The van der Waals surface area contributed by atoms with Gasteiger partial charge < -0.3 is 10.1 Å². The Morgan fingerprint density at radius 3 is 2.62 bits per heavy atom. The maximum atomic E-state index is 12.0. The van der Waals surface area contributed by atoms with Gasteiger partial charge in [0, 0.05) is 11.6 Å². The summed E-state index contributed by atoms with van der Waals surface area (Å²) in [5.41, 5.74) is 1.98. The second-order valence-corrected chi connectivity index (χ2v) is 5.28. The van der Waals surface area contributed by atoms with Crippen LogP contribution in [0.25, 0.3) is 0 Å². The molecule has 0 heterocycles. The quantitative estimate of drug-likeness (QED) is 0.914. The average molecular weight is 304 g/mol. The van der Waals surface area contributed by atoms with Crippen molar-refractivity contribution >= 4 is 17.5 Å². The SMILES string of the molecule is Cc1cc(O[C@H](C)C(=O)NCc2ccccc2)ccc1Cl. The lowest BCUT2D eigenvalue weighted by atomic mass is 10.2. The Morgan fingerprint density at radius 2 is 1.95 bits per heavy atom. The molecule has 2 rings (SSSR count). The highest BCUT2D eigenvalue weighted by Crippen LogP contribution is 2.21. The molecule has 21 heavy (non-hydrogen) atoms. The van der Waals surface area contributed by atoms with Crippen LogP contribution < -0.4 is 10.1 Å². The third kappa shape index (κ3) is 4.50. The van der Waals surface area contributed by atoms with Gasteiger partial charge in [0.2, 0.25) is 0 Å². The zero-order valence-electron chi connectivity index (χ0n) is 12.1. The summed E-state index contributed by atoms with van der Waals surface area (Å²) >= 11 is 5.96. The summed E-state index contributed by atoms with van der Waals surface area (Å²) in [6.07, 6.45) is -0.561. The number of aryl methyl sites for hydroxylation is 1. The molecule has 2 aromatic carbocycles. The molecule has 1 N–H and O–H groups in total. The molecule has 110 valence electrons. The van der Waals surface area contributed by atoms with Gasteiger partial charge >= 0.3 is 0 Å². The van der Waals surface area contributed by atoms with Gasteiger partial charge in [0.1, 0.15) is 5.75 Å². The number of benzene rings is 2. The molecule has 0 aliphatic carbocycles. The molecule has 0 aliphatic rings. The standard InChI is InChI=1S/C17H18ClNO2/c1-12-10-15(8-9-16(12)18)21-13(2)17(20)19-11-14-6-4-3-5-7-14/h3-10,13H,11H2,1-2H3,(H,19,20)/t13-/m1/s1. The predicted octanol–water partition coefficient (Wildman–Crippen LogP) is 3.73. The zero-order chi connectivity index (χ0) is 15.2. The fourth-order valence-corrected chi connectivity index (χ4v) is 1.99. The van der Waals surface area contributed by atoms with Gasteiger partial charge in [-0.3, -0.25) is 4.79 Å². The molecule has 0 aliphatic heterocycles. The van der Waals surface area contributed by atoms with Gasteiger partial charge in [-0.2, -0.15) is 0 Å². The minimum Gasteiger partial charge on any atom is -0.481 e. The second kappa shape index (κ2) is 7.14. The van der Waals surface area contributed by atoms with Crippen LogP contribution in [0.4, 0.5) is 0 Å². The normalized spacial score (nSPS) is 11.8. The highest BCUT2D eigenvalue weighted by Gasteiger charge is 2.14. The van der Waals surface area contributed by atoms with E-state index in [2.05, 4.69) is 5.32 Å². The van der Waals surface area contributed by atoms with Crippen LogP contribution in [0.3, 0.4) is 0 Å². The van der Waals surface area contributed by atoms with Crippen LogP contribution in [0.5, 0.6) is 5.75 Å². The molecule has 0 unspecified atom stereocenters. The first-order valence-corrected chi connectivity index (χ1v) is 7.18. The molecule has 0 radical (unpaired) electrons. The van der Waals surface area contributed by atoms with E-state index >= 15 is 0 Å². The number of nitrogens with one attached hydrogen (secondary N) is 1. The molecule has 0 saturated carbocycles. The van der Waals surface area contributed by atoms with Gasteiger partial charge in [0.25, 0.3) is 5.91 Å². The Labute approximate surface area is 129 Å². The van der Waals surface area contributed by atoms with E-state index in [-0.39, 0.29) is 5.91 Å². The van der Waals surface area contributed by atoms with Crippen molar-refractivity contribution in [1.82, 2.24) is 5.32 Å². The summed E-state index contributed by atoms with van der Waals surface area (Å²) < 4.78 is 5.63. The van der Waals surface area contributed by atoms with Crippen molar-refractivity contribution in [2.24, 2.45) is 0 Å². The Bertz CT molecular complexity index is 613. The topological polar surface area (TPSA) is 38.3 Å². The Balaban J connectivity index is 1.88. The van der Waals surface area contributed by atoms with E-state index in [9.17, 15) is 4.79 Å². The largest absolute Gasteiger partial charge is 0.481 e. The molecule has 0 spiro atoms. The second-order valence-electron chi connectivity index (χ2n) is 4.87. The van der Waals surface area contributed by atoms with Crippen LogP contribution in [0.15, 0.2) is 48.5 Å². The lowest BCUT2D eigenvalue weighted by molar-refractivity contribution is -0.127. The van der Waals surface area contributed by atoms with E-state index < -0.39 is 6.10 Å². The number of carbonyl (C=O) groups is 1. The number of rotatable bonds is 5. The number of hydrogen-bond acceptors (Lipinski definition) is 2. The maximum absolute atomic E-state index is 12.0. The van der Waals surface area contributed by atoms with E-state index in [0.29, 0.717) is 17.3 Å². The van der Waals surface area contributed by atoms with Crippen molar-refractivity contribution in [2.45, 2.75) is 26.5 Å². The minimum atomic E-state index is -0.561. The average Bonchev–Trinajstić information content (AvgIpc) is 2.49. The first-order valence-electron chi connectivity index (χ1n) is 6.80. The molecule has 0 bridgehead atoms. The molecule has 1 amide bonds. The van der Waals surface area contributed by atoms with E-state index in [1.54, 1.807) is 19.1 Å². The molecular formula is C17H18ClNO2. The molecule has 1 atom stereocenters. The van der Waals surface area contributed by atoms with Crippen LogP contribution in [0.1, 0.15) is 18.1 Å². The van der Waals surface area contributed by atoms with Gasteiger partial charge in [0.15, 0.2) is 6.10 Å². The van der Waals surface area contributed by atoms with Crippen LogP contribution in [-0.4, -0.2) is 12.0 Å². The van der Waals surface area contributed by atoms with Crippen LogP contribution in [0, 0.1) is 6.92 Å². The molecular weight excluding hydrogens is 286 g/mol. The molecule has 4 heteroatoms. The Morgan fingerprint density at radius 1 is 1.24 bits per heavy atom. The molecule has 2 aromatic rings. The third-order valence-electron chi connectivity index (χ3n) is 3.12. The van der Waals surface area contributed by atoms with Crippen LogP contribution in [0.2, 0.25) is 5.02 Å². The number of amides is 1. The number of hydrogen-bond donors (Lipinski definition) is 1. The Kier molecular flexibility index (Phi) is 5.23. The van der Waals surface area contributed by atoms with Crippen molar-refractivity contribution < 1.29 is 9.53 Å². The summed E-state index contributed by atoms with van der Waals surface area (Å²) in [6, 6.07) is 15.1. The highest BCUT2D eigenvalue weighted by atomic mass is 35.5. The van der Waals surface area contributed by atoms with E-state index in [4.69, 9.17) is 16.3 Å². The molecule has 0 saturated heterocycles. The summed E-state index contributed by atoms with van der Waals surface area (Å²) in [6.45, 7) is 4.12. The third-order valence-corrected chi connectivity index (χ3v) is 3.55. The predicted molar refractivity (Wildman–Crippen MR) is 84.6 cm³/mol. The van der Waals surface area contributed by atoms with E-state index in [1.807, 2.05) is 43.3 Å². The lowest BCUT2D eigenvalue weighted by Crippen LogP contribution is -2.35. The summed E-state index contributed by atoms with van der Waals surface area (Å²) in [7, 11) is 0. The van der Waals surface area contributed by atoms with Gasteiger partial charge in [-0.1, -0.05) is 41.9 Å². The summed E-state index contributed by atoms with van der Waals surface area (Å²) in [5.74, 6) is 0.491. The van der Waals surface area contributed by atoms with Crippen molar-refractivity contribution in [3.63, 3.8) is 0 Å². The monoisotopic (exact) mass is 303 g/mol. The smallest absolute Gasteiger partial charge is 0.261 e. The summed E-state index contributed by atoms with van der Waals surface area (Å²) in [5, 5.41) is 3.54. The highest BCUT2D eigenvalue weighted by molar-refractivity contribution is 6.31. The van der Waals surface area contributed by atoms with Crippen molar-refractivity contribution in [3.05, 3.63) is 64.7 Å². The van der Waals surface area contributed by atoms with Crippen LogP contribution >= 0.6 is 11.6 Å². The zero-order valence-corrected chi connectivity index (χ0v) is 12.9. The maximum Gasteiger partial charge on any atom is 0.261 e. The van der Waals surface area contributed by atoms with Crippen LogP contribution in [-0.2, 0) is 11.3 Å². The fourth-order valence-electron chi connectivity index (χ4n) is 1.88. The first-order chi connectivity index (χ1) is 10.1. The van der Waals surface area contributed by atoms with Crippen molar-refractivity contribution in [1.29, 1.82) is 0 Å². The van der Waals surface area contributed by atoms with Crippen molar-refractivity contribution in [2.75, 3.05) is 0 Å². The molecule has 0 aromatic heterocycles. The van der Waals surface area contributed by atoms with Gasteiger partial charge in [-0.05, 0) is 43.2 Å². The summed E-state index contributed by atoms with van der Waals surface area (Å²) in [4.78, 5) is 12.0. The lowest BCUT2D eigenvalue weighted by Gasteiger charge is -2.15. The first kappa shape index (κ1) is 15.4. The number of ether oxygens (including phenoxy) is 1. The minimum absolute atomic E-state index is 0.147. The molecule has 3 nitrogen and oxygen atoms in total. The van der Waals surface area contributed by atoms with Gasteiger partial charge in [-0.25, -0.2) is 0 Å². The van der Waals surface area contributed by atoms with Gasteiger partial charge in [-0.15, -0.1) is 0 Å². The number of carbonyl (C=O) groups excluding carboxylic acids is 1. The number of halogens is 1. The van der Waals surface area contributed by atoms with E-state index in [0.717, 1.165) is 11.1 Å². The Hall–Kier alpha value is -2.00. The molecule has 0 fully saturated rings.